The number of carbonyl (C=O) groups is 1. The number of fused-ring (bicyclic) bond motifs is 1. The fourth-order valence-electron chi connectivity index (χ4n) is 4.11. The molecule has 0 radical (unpaired) electrons. The number of amides is 1. The van der Waals surface area contributed by atoms with Gasteiger partial charge in [0.25, 0.3) is 0 Å². The lowest BCUT2D eigenvalue weighted by Gasteiger charge is -2.27. The van der Waals surface area contributed by atoms with Crippen molar-refractivity contribution in [3.8, 4) is 0 Å². The van der Waals surface area contributed by atoms with Gasteiger partial charge in [-0.05, 0) is 50.7 Å². The van der Waals surface area contributed by atoms with Crippen LogP contribution in [0.4, 0.5) is 0 Å². The summed E-state index contributed by atoms with van der Waals surface area (Å²) in [5.74, 6) is 1.20. The summed E-state index contributed by atoms with van der Waals surface area (Å²) in [6.07, 6.45) is 14.5. The van der Waals surface area contributed by atoms with Crippen LogP contribution in [0.15, 0.2) is 33.9 Å². The van der Waals surface area contributed by atoms with Gasteiger partial charge in [-0.1, -0.05) is 18.9 Å². The monoisotopic (exact) mass is 373 g/mol. The van der Waals surface area contributed by atoms with Crippen LogP contribution < -0.4 is 5.32 Å². The lowest BCUT2D eigenvalue weighted by atomic mass is 9.96. The van der Waals surface area contributed by atoms with Crippen molar-refractivity contribution < 1.29 is 9.90 Å². The molecule has 1 heterocycles. The van der Waals surface area contributed by atoms with E-state index >= 15 is 0 Å². The first-order valence-electron chi connectivity index (χ1n) is 9.83. The molecule has 2 N–H and O–H groups in total. The van der Waals surface area contributed by atoms with E-state index in [9.17, 15) is 9.90 Å². The number of hydrogen-bond acceptors (Lipinski definition) is 5. The van der Waals surface area contributed by atoms with E-state index in [1.165, 1.54) is 25.7 Å². The van der Waals surface area contributed by atoms with Crippen LogP contribution in [-0.2, 0) is 4.79 Å². The second kappa shape index (κ2) is 8.09. The van der Waals surface area contributed by atoms with Crippen LogP contribution in [-0.4, -0.2) is 45.7 Å². The Morgan fingerprint density at radius 3 is 2.73 bits per heavy atom. The standard InChI is InChI=1S/C20H27N3O2S/c24-15-6-8-16(9-7-15)26-12-19-22-18-11-14(21-13-3-1-2-4-13)5-10-17(18)20(25)23-19/h5,10-11,13,15-17,24H,1-4,6-9,12H2,(H,22,23,25). The van der Waals surface area contributed by atoms with Crippen LogP contribution in [0.3, 0.4) is 0 Å². The van der Waals surface area contributed by atoms with Crippen molar-refractivity contribution in [1.82, 2.24) is 5.32 Å². The molecule has 4 rings (SSSR count). The van der Waals surface area contributed by atoms with Gasteiger partial charge in [0.05, 0.1) is 35.2 Å². The van der Waals surface area contributed by atoms with E-state index in [2.05, 4.69) is 5.32 Å². The van der Waals surface area contributed by atoms with Gasteiger partial charge >= 0.3 is 0 Å². The number of thioether (sulfide) groups is 1. The van der Waals surface area contributed by atoms with Gasteiger partial charge in [-0.2, -0.15) is 11.8 Å². The molecule has 0 bridgehead atoms. The van der Waals surface area contributed by atoms with Gasteiger partial charge in [0, 0.05) is 5.25 Å². The Morgan fingerprint density at radius 2 is 1.96 bits per heavy atom. The minimum absolute atomic E-state index is 0.0112. The SMILES string of the molecule is O=C1NC(CSC2CCC(O)CC2)=NC2=CC(=NC3CCCC3)C=CC12. The van der Waals surface area contributed by atoms with Crippen molar-refractivity contribution in [1.29, 1.82) is 0 Å². The lowest BCUT2D eigenvalue weighted by Crippen LogP contribution is -2.42. The Bertz CT molecular complexity index is 669. The molecule has 3 aliphatic carbocycles. The first kappa shape index (κ1) is 18.0. The number of rotatable bonds is 4. The molecule has 6 heteroatoms. The lowest BCUT2D eigenvalue weighted by molar-refractivity contribution is -0.121. The predicted molar refractivity (Wildman–Crippen MR) is 107 cm³/mol. The molecule has 0 aromatic carbocycles. The Hall–Kier alpha value is -1.40. The van der Waals surface area contributed by atoms with E-state index in [1.54, 1.807) is 0 Å². The molecule has 1 atom stereocenters. The van der Waals surface area contributed by atoms with Gasteiger partial charge in [0.2, 0.25) is 5.91 Å². The van der Waals surface area contributed by atoms with E-state index in [-0.39, 0.29) is 17.9 Å². The number of amidine groups is 1. The maximum Gasteiger partial charge on any atom is 0.238 e. The molecule has 140 valence electrons. The zero-order chi connectivity index (χ0) is 17.9. The predicted octanol–water partition coefficient (Wildman–Crippen LogP) is 3.00. The number of allylic oxidation sites excluding steroid dienone is 2. The molecule has 0 aromatic heterocycles. The molecule has 2 fully saturated rings. The number of aliphatic hydroxyl groups excluding tert-OH is 1. The number of carbonyl (C=O) groups excluding carboxylic acids is 1. The summed E-state index contributed by atoms with van der Waals surface area (Å²) in [5, 5.41) is 13.1. The van der Waals surface area contributed by atoms with Crippen LogP contribution >= 0.6 is 11.8 Å². The molecule has 5 nitrogen and oxygen atoms in total. The highest BCUT2D eigenvalue weighted by Gasteiger charge is 2.29. The van der Waals surface area contributed by atoms with Crippen LogP contribution in [0.5, 0.6) is 0 Å². The Balaban J connectivity index is 1.41. The van der Waals surface area contributed by atoms with E-state index in [1.807, 2.05) is 30.0 Å². The second-order valence-corrected chi connectivity index (χ2v) is 8.98. The quantitative estimate of drug-likeness (QED) is 0.795. The highest BCUT2D eigenvalue weighted by atomic mass is 32.2. The highest BCUT2D eigenvalue weighted by molar-refractivity contribution is 8.00. The van der Waals surface area contributed by atoms with Gasteiger partial charge < -0.3 is 10.4 Å². The van der Waals surface area contributed by atoms with E-state index in [4.69, 9.17) is 9.98 Å². The van der Waals surface area contributed by atoms with Gasteiger partial charge in [-0.25, -0.2) is 4.99 Å². The van der Waals surface area contributed by atoms with Crippen LogP contribution in [0.2, 0.25) is 0 Å². The third-order valence-corrected chi connectivity index (χ3v) is 7.03. The zero-order valence-corrected chi connectivity index (χ0v) is 15.9. The molecule has 1 unspecified atom stereocenters. The van der Waals surface area contributed by atoms with E-state index in [0.29, 0.717) is 11.3 Å². The summed E-state index contributed by atoms with van der Waals surface area (Å²) in [5.41, 5.74) is 1.78. The van der Waals surface area contributed by atoms with Crippen LogP contribution in [0.1, 0.15) is 51.4 Å². The molecular weight excluding hydrogens is 346 g/mol. The van der Waals surface area contributed by atoms with Crippen molar-refractivity contribution in [2.75, 3.05) is 5.75 Å². The van der Waals surface area contributed by atoms with Crippen LogP contribution in [0, 0.1) is 5.92 Å². The summed E-state index contributed by atoms with van der Waals surface area (Å²) in [6, 6.07) is 0.432. The average Bonchev–Trinajstić information content (AvgIpc) is 3.14. The number of aliphatic hydroxyl groups is 1. The molecule has 0 aromatic rings. The number of nitrogens with one attached hydrogen (secondary N) is 1. The summed E-state index contributed by atoms with van der Waals surface area (Å²) < 4.78 is 0. The number of aliphatic imine (C=N–C) groups is 2. The largest absolute Gasteiger partial charge is 0.393 e. The second-order valence-electron chi connectivity index (χ2n) is 7.69. The third-order valence-electron chi connectivity index (χ3n) is 5.64. The summed E-state index contributed by atoms with van der Waals surface area (Å²) in [6.45, 7) is 0. The molecule has 0 spiro atoms. The fraction of sp³-hybridized carbons (Fsp3) is 0.650. The maximum absolute atomic E-state index is 12.4. The summed E-state index contributed by atoms with van der Waals surface area (Å²) in [7, 11) is 0. The molecule has 26 heavy (non-hydrogen) atoms. The van der Waals surface area contributed by atoms with Gasteiger partial charge in [-0.15, -0.1) is 0 Å². The first-order chi connectivity index (χ1) is 12.7. The van der Waals surface area contributed by atoms with E-state index in [0.717, 1.165) is 48.7 Å². The number of hydrogen-bond donors (Lipinski definition) is 2. The Kier molecular flexibility index (Phi) is 5.60. The van der Waals surface area contributed by atoms with Crippen molar-refractivity contribution in [2.24, 2.45) is 15.9 Å². The Morgan fingerprint density at radius 1 is 1.19 bits per heavy atom. The topological polar surface area (TPSA) is 74.0 Å². The first-order valence-corrected chi connectivity index (χ1v) is 10.9. The Labute approximate surface area is 159 Å². The molecule has 1 aliphatic heterocycles. The van der Waals surface area contributed by atoms with Gasteiger partial charge in [0.15, 0.2) is 0 Å². The molecule has 1 amide bonds. The van der Waals surface area contributed by atoms with E-state index < -0.39 is 0 Å². The zero-order valence-electron chi connectivity index (χ0n) is 15.1. The van der Waals surface area contributed by atoms with Gasteiger partial charge in [0.1, 0.15) is 5.84 Å². The molecule has 0 saturated heterocycles. The highest BCUT2D eigenvalue weighted by Crippen LogP contribution is 2.30. The summed E-state index contributed by atoms with van der Waals surface area (Å²) >= 11 is 1.84. The molecule has 2 saturated carbocycles. The molecular formula is C20H27N3O2S. The van der Waals surface area contributed by atoms with Crippen molar-refractivity contribution in [3.05, 3.63) is 23.9 Å². The van der Waals surface area contributed by atoms with Crippen molar-refractivity contribution in [2.45, 2.75) is 68.8 Å². The fourth-order valence-corrected chi connectivity index (χ4v) is 5.25. The number of nitrogens with zero attached hydrogens (tertiary/aromatic N) is 2. The van der Waals surface area contributed by atoms with Gasteiger partial charge in [-0.3, -0.25) is 9.79 Å². The minimum atomic E-state index is -0.281. The third kappa shape index (κ3) is 4.29. The van der Waals surface area contributed by atoms with Crippen molar-refractivity contribution >= 4 is 29.2 Å². The minimum Gasteiger partial charge on any atom is -0.393 e. The summed E-state index contributed by atoms with van der Waals surface area (Å²) in [4.78, 5) is 22.0. The maximum atomic E-state index is 12.4. The normalized spacial score (nSPS) is 33.7. The average molecular weight is 374 g/mol. The molecule has 4 aliphatic rings. The van der Waals surface area contributed by atoms with Crippen LogP contribution in [0.25, 0.3) is 0 Å². The van der Waals surface area contributed by atoms with Crippen molar-refractivity contribution in [3.63, 3.8) is 0 Å². The smallest absolute Gasteiger partial charge is 0.238 e.